The van der Waals surface area contributed by atoms with Gasteiger partial charge < -0.3 is 19.9 Å². The van der Waals surface area contributed by atoms with Gasteiger partial charge in [0.05, 0.1) is 18.7 Å². The van der Waals surface area contributed by atoms with Crippen molar-refractivity contribution in [3.05, 3.63) is 16.6 Å². The molecule has 1 aromatic rings. The summed E-state index contributed by atoms with van der Waals surface area (Å²) in [5.41, 5.74) is 5.36. The smallest absolute Gasteiger partial charge is 0.164 e. The number of nitrogens with two attached hydrogens (primary N) is 1. The molecule has 2 N–H and O–H groups in total. The average molecular weight is 276 g/mol. The Morgan fingerprint density at radius 3 is 2.27 bits per heavy atom. The van der Waals surface area contributed by atoms with Gasteiger partial charge in [-0.05, 0) is 15.9 Å². The SMILES string of the molecule is COc1cc(Br)c(OCCN)cc1OC. The first-order valence-corrected chi connectivity index (χ1v) is 5.26. The van der Waals surface area contributed by atoms with Crippen LogP contribution in [0.3, 0.4) is 0 Å². The van der Waals surface area contributed by atoms with Crippen molar-refractivity contribution >= 4 is 15.9 Å². The quantitative estimate of drug-likeness (QED) is 0.891. The highest BCUT2D eigenvalue weighted by molar-refractivity contribution is 9.10. The van der Waals surface area contributed by atoms with Crippen LogP contribution >= 0.6 is 15.9 Å². The van der Waals surface area contributed by atoms with E-state index in [1.54, 1.807) is 26.4 Å². The Bertz CT molecular complexity index is 331. The van der Waals surface area contributed by atoms with Crippen molar-refractivity contribution < 1.29 is 14.2 Å². The molecule has 0 saturated heterocycles. The Kier molecular flexibility index (Phi) is 4.71. The topological polar surface area (TPSA) is 53.7 Å². The van der Waals surface area contributed by atoms with E-state index in [0.29, 0.717) is 30.4 Å². The summed E-state index contributed by atoms with van der Waals surface area (Å²) in [5.74, 6) is 1.98. The third kappa shape index (κ3) is 3.00. The van der Waals surface area contributed by atoms with Crippen LogP contribution in [-0.4, -0.2) is 27.4 Å². The Balaban J connectivity index is 2.97. The molecule has 0 spiro atoms. The van der Waals surface area contributed by atoms with Crippen LogP contribution in [0.15, 0.2) is 16.6 Å². The molecule has 0 atom stereocenters. The fraction of sp³-hybridized carbons (Fsp3) is 0.400. The third-order valence-electron chi connectivity index (χ3n) is 1.81. The lowest BCUT2D eigenvalue weighted by molar-refractivity contribution is 0.317. The van der Waals surface area contributed by atoms with E-state index < -0.39 is 0 Å². The minimum Gasteiger partial charge on any atom is -0.493 e. The summed E-state index contributed by atoms with van der Waals surface area (Å²) in [4.78, 5) is 0. The van der Waals surface area contributed by atoms with Crippen molar-refractivity contribution in [2.45, 2.75) is 0 Å². The van der Waals surface area contributed by atoms with Gasteiger partial charge in [0.2, 0.25) is 0 Å². The number of methoxy groups -OCH3 is 2. The van der Waals surface area contributed by atoms with Gasteiger partial charge in [0.1, 0.15) is 12.4 Å². The van der Waals surface area contributed by atoms with Gasteiger partial charge in [-0.2, -0.15) is 0 Å². The zero-order valence-electron chi connectivity index (χ0n) is 8.75. The summed E-state index contributed by atoms with van der Waals surface area (Å²) in [5, 5.41) is 0. The number of hydrogen-bond acceptors (Lipinski definition) is 4. The lowest BCUT2D eigenvalue weighted by Gasteiger charge is -2.12. The number of ether oxygens (including phenoxy) is 3. The summed E-state index contributed by atoms with van der Waals surface area (Å²) >= 11 is 3.38. The normalized spacial score (nSPS) is 9.87. The molecule has 0 bridgehead atoms. The van der Waals surface area contributed by atoms with Crippen molar-refractivity contribution in [1.82, 2.24) is 0 Å². The van der Waals surface area contributed by atoms with E-state index in [2.05, 4.69) is 15.9 Å². The fourth-order valence-electron chi connectivity index (χ4n) is 1.12. The molecule has 0 amide bonds. The van der Waals surface area contributed by atoms with Crippen LogP contribution in [0.5, 0.6) is 17.2 Å². The maximum atomic E-state index is 5.42. The van der Waals surface area contributed by atoms with Crippen LogP contribution in [0.1, 0.15) is 0 Å². The van der Waals surface area contributed by atoms with Crippen LogP contribution in [0, 0.1) is 0 Å². The van der Waals surface area contributed by atoms with Gasteiger partial charge in [-0.25, -0.2) is 0 Å². The number of hydrogen-bond donors (Lipinski definition) is 1. The number of halogens is 1. The molecule has 0 radical (unpaired) electrons. The van der Waals surface area contributed by atoms with Gasteiger partial charge in [0.25, 0.3) is 0 Å². The highest BCUT2D eigenvalue weighted by atomic mass is 79.9. The van der Waals surface area contributed by atoms with E-state index in [-0.39, 0.29) is 0 Å². The summed E-state index contributed by atoms with van der Waals surface area (Å²) in [7, 11) is 3.17. The molecular weight excluding hydrogens is 262 g/mol. The minimum absolute atomic E-state index is 0.466. The molecule has 0 aliphatic heterocycles. The predicted molar refractivity (Wildman–Crippen MR) is 61.8 cm³/mol. The lowest BCUT2D eigenvalue weighted by atomic mass is 10.3. The maximum Gasteiger partial charge on any atom is 0.164 e. The largest absolute Gasteiger partial charge is 0.493 e. The summed E-state index contributed by atoms with van der Waals surface area (Å²) in [6.45, 7) is 0.939. The molecule has 1 aromatic carbocycles. The van der Waals surface area contributed by atoms with Crippen molar-refractivity contribution in [3.63, 3.8) is 0 Å². The molecule has 5 heteroatoms. The van der Waals surface area contributed by atoms with Crippen molar-refractivity contribution in [1.29, 1.82) is 0 Å². The first kappa shape index (κ1) is 12.1. The van der Waals surface area contributed by atoms with Crippen LogP contribution in [0.4, 0.5) is 0 Å². The molecular formula is C10H14BrNO3. The van der Waals surface area contributed by atoms with Gasteiger partial charge in [0, 0.05) is 18.7 Å². The highest BCUT2D eigenvalue weighted by Crippen LogP contribution is 2.37. The van der Waals surface area contributed by atoms with E-state index in [1.807, 2.05) is 0 Å². The van der Waals surface area contributed by atoms with E-state index >= 15 is 0 Å². The van der Waals surface area contributed by atoms with E-state index in [0.717, 1.165) is 4.47 Å². The van der Waals surface area contributed by atoms with Gasteiger partial charge in [0.15, 0.2) is 11.5 Å². The fourth-order valence-corrected chi connectivity index (χ4v) is 1.55. The van der Waals surface area contributed by atoms with Crippen LogP contribution in [0.25, 0.3) is 0 Å². The standard InChI is InChI=1S/C10H14BrNO3/c1-13-9-5-7(11)8(15-4-3-12)6-10(9)14-2/h5-6H,3-4,12H2,1-2H3. The second-order valence-corrected chi connectivity index (χ2v) is 3.63. The van der Waals surface area contributed by atoms with Crippen LogP contribution in [-0.2, 0) is 0 Å². The van der Waals surface area contributed by atoms with Gasteiger partial charge in [-0.1, -0.05) is 0 Å². The predicted octanol–water partition coefficient (Wildman–Crippen LogP) is 1.80. The van der Waals surface area contributed by atoms with Gasteiger partial charge in [-0.15, -0.1) is 0 Å². The average Bonchev–Trinajstić information content (AvgIpc) is 2.27. The van der Waals surface area contributed by atoms with E-state index in [4.69, 9.17) is 19.9 Å². The Labute approximate surface area is 97.4 Å². The highest BCUT2D eigenvalue weighted by Gasteiger charge is 2.09. The minimum atomic E-state index is 0.466. The second-order valence-electron chi connectivity index (χ2n) is 2.77. The first-order chi connectivity index (χ1) is 7.22. The molecule has 0 aliphatic carbocycles. The Morgan fingerprint density at radius 1 is 1.13 bits per heavy atom. The lowest BCUT2D eigenvalue weighted by Crippen LogP contribution is -2.10. The maximum absolute atomic E-state index is 5.42. The van der Waals surface area contributed by atoms with Crippen molar-refractivity contribution in [3.8, 4) is 17.2 Å². The molecule has 0 fully saturated rings. The van der Waals surface area contributed by atoms with Crippen LogP contribution in [0.2, 0.25) is 0 Å². The van der Waals surface area contributed by atoms with Gasteiger partial charge >= 0.3 is 0 Å². The monoisotopic (exact) mass is 275 g/mol. The zero-order valence-corrected chi connectivity index (χ0v) is 10.3. The van der Waals surface area contributed by atoms with Crippen molar-refractivity contribution in [2.24, 2.45) is 5.73 Å². The Hall–Kier alpha value is -0.940. The van der Waals surface area contributed by atoms with Crippen LogP contribution < -0.4 is 19.9 Å². The number of rotatable bonds is 5. The van der Waals surface area contributed by atoms with Crippen molar-refractivity contribution in [2.75, 3.05) is 27.4 Å². The van der Waals surface area contributed by atoms with E-state index in [9.17, 15) is 0 Å². The molecule has 4 nitrogen and oxygen atoms in total. The first-order valence-electron chi connectivity index (χ1n) is 4.47. The molecule has 0 aromatic heterocycles. The molecule has 15 heavy (non-hydrogen) atoms. The number of benzene rings is 1. The van der Waals surface area contributed by atoms with E-state index in [1.165, 1.54) is 0 Å². The molecule has 0 aliphatic rings. The molecule has 0 heterocycles. The molecule has 0 saturated carbocycles. The second kappa shape index (κ2) is 5.82. The zero-order chi connectivity index (χ0) is 11.3. The molecule has 0 unspecified atom stereocenters. The Morgan fingerprint density at radius 2 is 1.73 bits per heavy atom. The van der Waals surface area contributed by atoms with Gasteiger partial charge in [-0.3, -0.25) is 0 Å². The molecule has 1 rings (SSSR count). The summed E-state index contributed by atoms with van der Waals surface area (Å²) in [6.07, 6.45) is 0. The molecule has 84 valence electrons. The third-order valence-corrected chi connectivity index (χ3v) is 2.43. The summed E-state index contributed by atoms with van der Waals surface area (Å²) < 4.78 is 16.5. The summed E-state index contributed by atoms with van der Waals surface area (Å²) in [6, 6.07) is 3.56.